The van der Waals surface area contributed by atoms with E-state index in [1.54, 1.807) is 17.0 Å². The standard InChI is InChI=1S/C25H24N2O2/c1-25(20-11-4-2-5-12-20,21-13-6-3-7-14-21)26-24(29)19-10-8-15-22(18-19)27-17-9-16-23(27)28/h2-8,10-15,18H,9,16-17H2,1H3,(H,26,29). The van der Waals surface area contributed by atoms with E-state index in [9.17, 15) is 9.59 Å². The van der Waals surface area contributed by atoms with Crippen molar-refractivity contribution in [3.63, 3.8) is 0 Å². The monoisotopic (exact) mass is 384 g/mol. The molecule has 1 saturated heterocycles. The number of amides is 2. The van der Waals surface area contributed by atoms with Gasteiger partial charge in [-0.3, -0.25) is 9.59 Å². The summed E-state index contributed by atoms with van der Waals surface area (Å²) in [6.45, 7) is 2.72. The first-order valence-corrected chi connectivity index (χ1v) is 9.92. The maximum atomic E-state index is 13.2. The highest BCUT2D eigenvalue weighted by atomic mass is 16.2. The molecule has 1 N–H and O–H groups in total. The SMILES string of the molecule is CC(NC(=O)c1cccc(N2CCCC2=O)c1)(c1ccccc1)c1ccccc1. The molecular formula is C25H24N2O2. The first-order chi connectivity index (χ1) is 14.1. The van der Waals surface area contributed by atoms with Crippen molar-refractivity contribution < 1.29 is 9.59 Å². The number of benzene rings is 3. The molecule has 0 bridgehead atoms. The first-order valence-electron chi connectivity index (χ1n) is 9.92. The van der Waals surface area contributed by atoms with E-state index in [-0.39, 0.29) is 11.8 Å². The van der Waals surface area contributed by atoms with Gasteiger partial charge in [-0.05, 0) is 42.7 Å². The molecule has 4 rings (SSSR count). The zero-order valence-electron chi connectivity index (χ0n) is 16.5. The van der Waals surface area contributed by atoms with E-state index in [0.717, 1.165) is 23.2 Å². The molecule has 0 spiro atoms. The van der Waals surface area contributed by atoms with E-state index in [2.05, 4.69) is 5.32 Å². The van der Waals surface area contributed by atoms with Gasteiger partial charge in [-0.15, -0.1) is 0 Å². The second-order valence-electron chi connectivity index (χ2n) is 7.51. The van der Waals surface area contributed by atoms with Gasteiger partial charge in [0.25, 0.3) is 5.91 Å². The summed E-state index contributed by atoms with van der Waals surface area (Å²) in [5.74, 6) is -0.0605. The van der Waals surface area contributed by atoms with Gasteiger partial charge in [0.15, 0.2) is 0 Å². The van der Waals surface area contributed by atoms with Crippen LogP contribution in [0.3, 0.4) is 0 Å². The molecule has 0 unspecified atom stereocenters. The molecule has 2 amide bonds. The zero-order chi connectivity index (χ0) is 20.3. The van der Waals surface area contributed by atoms with Crippen LogP contribution < -0.4 is 10.2 Å². The highest BCUT2D eigenvalue weighted by Crippen LogP contribution is 2.30. The third-order valence-corrected chi connectivity index (χ3v) is 5.56. The fraction of sp³-hybridized carbons (Fsp3) is 0.200. The Balaban J connectivity index is 1.67. The third-order valence-electron chi connectivity index (χ3n) is 5.56. The van der Waals surface area contributed by atoms with Crippen molar-refractivity contribution in [2.75, 3.05) is 11.4 Å². The fourth-order valence-corrected chi connectivity index (χ4v) is 3.89. The molecule has 4 heteroatoms. The van der Waals surface area contributed by atoms with Crippen LogP contribution in [0.15, 0.2) is 84.9 Å². The van der Waals surface area contributed by atoms with Crippen molar-refractivity contribution in [2.24, 2.45) is 0 Å². The van der Waals surface area contributed by atoms with Crippen molar-refractivity contribution in [3.8, 4) is 0 Å². The van der Waals surface area contributed by atoms with Crippen molar-refractivity contribution in [2.45, 2.75) is 25.3 Å². The van der Waals surface area contributed by atoms with Crippen LogP contribution in [-0.4, -0.2) is 18.4 Å². The highest BCUT2D eigenvalue weighted by molar-refractivity contribution is 5.99. The van der Waals surface area contributed by atoms with Gasteiger partial charge < -0.3 is 10.2 Å². The number of carbonyl (C=O) groups excluding carboxylic acids is 2. The predicted octanol–water partition coefficient (Wildman–Crippen LogP) is 4.51. The maximum absolute atomic E-state index is 13.2. The minimum absolute atomic E-state index is 0.112. The Morgan fingerprint density at radius 3 is 2.07 bits per heavy atom. The van der Waals surface area contributed by atoms with Crippen molar-refractivity contribution in [1.82, 2.24) is 5.32 Å². The molecule has 3 aromatic rings. The van der Waals surface area contributed by atoms with E-state index in [0.29, 0.717) is 18.5 Å². The summed E-state index contributed by atoms with van der Waals surface area (Å²) in [5.41, 5.74) is 2.65. The highest BCUT2D eigenvalue weighted by Gasteiger charge is 2.31. The third kappa shape index (κ3) is 3.79. The van der Waals surface area contributed by atoms with Gasteiger partial charge in [-0.25, -0.2) is 0 Å². The lowest BCUT2D eigenvalue weighted by Crippen LogP contribution is -2.44. The van der Waals surface area contributed by atoms with Crippen LogP contribution in [0.5, 0.6) is 0 Å². The Bertz CT molecular complexity index is 976. The molecule has 4 nitrogen and oxygen atoms in total. The van der Waals surface area contributed by atoms with E-state index in [1.165, 1.54) is 0 Å². The molecule has 0 aromatic heterocycles. The molecule has 1 aliphatic heterocycles. The average molecular weight is 384 g/mol. The van der Waals surface area contributed by atoms with Crippen LogP contribution in [-0.2, 0) is 10.3 Å². The molecule has 1 aliphatic rings. The summed E-state index contributed by atoms with van der Waals surface area (Å²) in [6.07, 6.45) is 1.42. The van der Waals surface area contributed by atoms with Crippen LogP contribution in [0.4, 0.5) is 5.69 Å². The largest absolute Gasteiger partial charge is 0.339 e. The Kier molecular flexibility index (Phi) is 5.17. The Labute approximate surface area is 171 Å². The van der Waals surface area contributed by atoms with Crippen LogP contribution in [0.2, 0.25) is 0 Å². The van der Waals surface area contributed by atoms with Crippen LogP contribution in [0.1, 0.15) is 41.3 Å². The van der Waals surface area contributed by atoms with Crippen molar-refractivity contribution in [1.29, 1.82) is 0 Å². The fourth-order valence-electron chi connectivity index (χ4n) is 3.89. The van der Waals surface area contributed by atoms with Gasteiger partial charge in [-0.2, -0.15) is 0 Å². The van der Waals surface area contributed by atoms with Crippen LogP contribution >= 0.6 is 0 Å². The second-order valence-corrected chi connectivity index (χ2v) is 7.51. The topological polar surface area (TPSA) is 49.4 Å². The smallest absolute Gasteiger partial charge is 0.252 e. The van der Waals surface area contributed by atoms with Gasteiger partial charge >= 0.3 is 0 Å². The molecule has 0 saturated carbocycles. The Hall–Kier alpha value is -3.40. The zero-order valence-corrected chi connectivity index (χ0v) is 16.5. The first kappa shape index (κ1) is 18.9. The predicted molar refractivity (Wildman–Crippen MR) is 115 cm³/mol. The van der Waals surface area contributed by atoms with E-state index in [4.69, 9.17) is 0 Å². The summed E-state index contributed by atoms with van der Waals surface area (Å²) < 4.78 is 0. The number of nitrogens with zero attached hydrogens (tertiary/aromatic N) is 1. The van der Waals surface area contributed by atoms with Crippen molar-refractivity contribution >= 4 is 17.5 Å². The molecule has 0 radical (unpaired) electrons. The van der Waals surface area contributed by atoms with Crippen LogP contribution in [0.25, 0.3) is 0 Å². The normalized spacial score (nSPS) is 14.1. The van der Waals surface area contributed by atoms with Gasteiger partial charge in [0.2, 0.25) is 5.91 Å². The summed E-state index contributed by atoms with van der Waals surface area (Å²) in [5, 5.41) is 3.23. The lowest BCUT2D eigenvalue weighted by Gasteiger charge is -2.32. The van der Waals surface area contributed by atoms with Gasteiger partial charge in [0, 0.05) is 24.2 Å². The summed E-state index contributed by atoms with van der Waals surface area (Å²) >= 11 is 0. The molecule has 0 aliphatic carbocycles. The average Bonchev–Trinajstić information content (AvgIpc) is 3.21. The molecule has 3 aromatic carbocycles. The van der Waals surface area contributed by atoms with E-state index >= 15 is 0 Å². The summed E-state index contributed by atoms with van der Waals surface area (Å²) in [7, 11) is 0. The minimum atomic E-state index is -0.681. The molecule has 29 heavy (non-hydrogen) atoms. The Morgan fingerprint density at radius 2 is 1.52 bits per heavy atom. The maximum Gasteiger partial charge on any atom is 0.252 e. The number of carbonyl (C=O) groups is 2. The Morgan fingerprint density at radius 1 is 0.897 bits per heavy atom. The minimum Gasteiger partial charge on any atom is -0.339 e. The van der Waals surface area contributed by atoms with Gasteiger partial charge in [-0.1, -0.05) is 66.7 Å². The molecular weight excluding hydrogens is 360 g/mol. The molecule has 146 valence electrons. The number of hydrogen-bond acceptors (Lipinski definition) is 2. The van der Waals surface area contributed by atoms with E-state index in [1.807, 2.05) is 79.7 Å². The lowest BCUT2D eigenvalue weighted by atomic mass is 9.84. The van der Waals surface area contributed by atoms with Crippen LogP contribution in [0, 0.1) is 0 Å². The lowest BCUT2D eigenvalue weighted by molar-refractivity contribution is -0.117. The second kappa shape index (κ2) is 7.92. The summed E-state index contributed by atoms with van der Waals surface area (Å²) in [6, 6.07) is 27.2. The number of anilines is 1. The molecule has 1 heterocycles. The van der Waals surface area contributed by atoms with E-state index < -0.39 is 5.54 Å². The van der Waals surface area contributed by atoms with Gasteiger partial charge in [0.1, 0.15) is 0 Å². The molecule has 1 fully saturated rings. The summed E-state index contributed by atoms with van der Waals surface area (Å²) in [4.78, 5) is 27.1. The number of rotatable bonds is 5. The molecule has 0 atom stereocenters. The quantitative estimate of drug-likeness (QED) is 0.704. The number of nitrogens with one attached hydrogen (secondary N) is 1. The van der Waals surface area contributed by atoms with Gasteiger partial charge in [0.05, 0.1) is 5.54 Å². The number of hydrogen-bond donors (Lipinski definition) is 1. The van der Waals surface area contributed by atoms with Crippen molar-refractivity contribution in [3.05, 3.63) is 102 Å².